The molecule has 6 heteroatoms. The zero-order chi connectivity index (χ0) is 14.1. The Morgan fingerprint density at radius 1 is 1.05 bits per heavy atom. The Morgan fingerprint density at radius 3 is 2.11 bits per heavy atom. The van der Waals surface area contributed by atoms with Crippen LogP contribution in [0.3, 0.4) is 0 Å². The summed E-state index contributed by atoms with van der Waals surface area (Å²) in [4.78, 5) is 17.6. The maximum absolute atomic E-state index is 10.3. The van der Waals surface area contributed by atoms with Gasteiger partial charge in [-0.15, -0.1) is 0 Å². The Bertz CT molecular complexity index is 624. The summed E-state index contributed by atoms with van der Waals surface area (Å²) >= 11 is 0. The van der Waals surface area contributed by atoms with E-state index in [1.807, 2.05) is 6.07 Å². The van der Waals surface area contributed by atoms with Crippen molar-refractivity contribution < 1.29 is 9.90 Å². The number of nitriles is 2. The molecule has 0 aliphatic rings. The van der Waals surface area contributed by atoms with Gasteiger partial charge < -0.3 is 5.11 Å². The third-order valence-electron chi connectivity index (χ3n) is 1.90. The molecule has 92 valence electrons. The fourth-order valence-corrected chi connectivity index (χ4v) is 1.02. The van der Waals surface area contributed by atoms with Crippen molar-refractivity contribution in [3.8, 4) is 12.1 Å². The molecule has 0 atom stereocenters. The predicted octanol–water partition coefficient (Wildman–Crippen LogP) is 1.60. The van der Waals surface area contributed by atoms with Gasteiger partial charge in [0, 0.05) is 12.4 Å². The van der Waals surface area contributed by atoms with E-state index in [4.69, 9.17) is 15.6 Å². The molecule has 0 aromatic carbocycles. The number of aromatic carboxylic acids is 1. The highest BCUT2D eigenvalue weighted by Crippen LogP contribution is 1.98. The van der Waals surface area contributed by atoms with Crippen LogP contribution in [0.15, 0.2) is 42.7 Å². The minimum absolute atomic E-state index is 0.0870. The smallest absolute Gasteiger partial charge is 0.337 e. The summed E-state index contributed by atoms with van der Waals surface area (Å²) in [6.07, 6.45) is 2.75. The second-order valence-corrected chi connectivity index (χ2v) is 3.18. The van der Waals surface area contributed by atoms with E-state index in [9.17, 15) is 4.79 Å². The van der Waals surface area contributed by atoms with Gasteiger partial charge in [0.05, 0.1) is 5.56 Å². The third-order valence-corrected chi connectivity index (χ3v) is 1.90. The summed E-state index contributed by atoms with van der Waals surface area (Å²) in [5.41, 5.74) is 0.770. The lowest BCUT2D eigenvalue weighted by molar-refractivity contribution is 0.0696. The van der Waals surface area contributed by atoms with Crippen LogP contribution in [0.2, 0.25) is 0 Å². The summed E-state index contributed by atoms with van der Waals surface area (Å²) in [5.74, 6) is -1.04. The zero-order valence-electron chi connectivity index (χ0n) is 9.69. The third kappa shape index (κ3) is 4.63. The molecular formula is C13H8N4O2. The minimum Gasteiger partial charge on any atom is -0.478 e. The van der Waals surface area contributed by atoms with Crippen molar-refractivity contribution in [1.29, 1.82) is 10.5 Å². The number of aromatic nitrogens is 2. The van der Waals surface area contributed by atoms with Gasteiger partial charge in [0.1, 0.15) is 23.5 Å². The maximum Gasteiger partial charge on any atom is 0.337 e. The molecule has 2 heterocycles. The van der Waals surface area contributed by atoms with Crippen LogP contribution in [0.1, 0.15) is 21.7 Å². The Labute approximate surface area is 109 Å². The van der Waals surface area contributed by atoms with Crippen molar-refractivity contribution in [3.63, 3.8) is 0 Å². The number of rotatable bonds is 1. The summed E-state index contributed by atoms with van der Waals surface area (Å²) in [5, 5.41) is 25.0. The molecule has 0 saturated heterocycles. The molecule has 1 N–H and O–H groups in total. The summed E-state index contributed by atoms with van der Waals surface area (Å²) in [6, 6.07) is 11.6. The minimum atomic E-state index is -1.04. The molecule has 0 aliphatic heterocycles. The van der Waals surface area contributed by atoms with Crippen molar-refractivity contribution in [2.24, 2.45) is 0 Å². The quantitative estimate of drug-likeness (QED) is 0.825. The highest BCUT2D eigenvalue weighted by molar-refractivity contribution is 5.87. The Hall–Kier alpha value is -3.25. The van der Waals surface area contributed by atoms with Crippen LogP contribution < -0.4 is 0 Å². The van der Waals surface area contributed by atoms with Crippen LogP contribution in [0.25, 0.3) is 0 Å². The normalized spacial score (nSPS) is 8.32. The largest absolute Gasteiger partial charge is 0.478 e. The van der Waals surface area contributed by atoms with Crippen molar-refractivity contribution in [3.05, 3.63) is 59.7 Å². The lowest BCUT2D eigenvalue weighted by Crippen LogP contribution is -1.96. The molecule has 0 bridgehead atoms. The van der Waals surface area contributed by atoms with E-state index in [0.29, 0.717) is 5.69 Å². The Balaban J connectivity index is 0.000000200. The van der Waals surface area contributed by atoms with Gasteiger partial charge in [0.15, 0.2) is 0 Å². The molecule has 0 saturated carbocycles. The molecule has 0 spiro atoms. The predicted molar refractivity (Wildman–Crippen MR) is 64.9 cm³/mol. The molecule has 19 heavy (non-hydrogen) atoms. The zero-order valence-corrected chi connectivity index (χ0v) is 9.69. The van der Waals surface area contributed by atoms with Crippen molar-refractivity contribution >= 4 is 5.97 Å². The van der Waals surface area contributed by atoms with E-state index in [0.717, 1.165) is 6.20 Å². The van der Waals surface area contributed by atoms with E-state index in [-0.39, 0.29) is 11.3 Å². The summed E-state index contributed by atoms with van der Waals surface area (Å²) in [7, 11) is 0. The van der Waals surface area contributed by atoms with Gasteiger partial charge in [-0.3, -0.25) is 0 Å². The lowest BCUT2D eigenvalue weighted by Gasteiger charge is -1.90. The summed E-state index contributed by atoms with van der Waals surface area (Å²) < 4.78 is 0. The maximum atomic E-state index is 10.3. The van der Waals surface area contributed by atoms with Crippen LogP contribution in [0.4, 0.5) is 0 Å². The van der Waals surface area contributed by atoms with Crippen LogP contribution in [-0.2, 0) is 0 Å². The summed E-state index contributed by atoms with van der Waals surface area (Å²) in [6.45, 7) is 0. The van der Waals surface area contributed by atoms with Crippen LogP contribution in [0, 0.1) is 22.7 Å². The van der Waals surface area contributed by atoms with Crippen molar-refractivity contribution in [2.45, 2.75) is 0 Å². The molecule has 0 radical (unpaired) electrons. The van der Waals surface area contributed by atoms with Gasteiger partial charge >= 0.3 is 5.97 Å². The number of hydrogen-bond donors (Lipinski definition) is 1. The lowest BCUT2D eigenvalue weighted by atomic mass is 10.2. The van der Waals surface area contributed by atoms with Crippen LogP contribution in [-0.4, -0.2) is 21.0 Å². The molecule has 0 unspecified atom stereocenters. The molecule has 6 nitrogen and oxygen atoms in total. The van der Waals surface area contributed by atoms with Crippen molar-refractivity contribution in [1.82, 2.24) is 9.97 Å². The first-order chi connectivity index (χ1) is 9.17. The standard InChI is InChI=1S/C7H4N2O2.C6H4N2/c8-3-6-2-1-5(4-9-6)7(10)11;7-5-6-3-1-2-4-8-6/h1-2,4H,(H,10,11);1-4H. The van der Waals surface area contributed by atoms with E-state index in [2.05, 4.69) is 9.97 Å². The number of carbonyl (C=O) groups is 1. The Kier molecular flexibility index (Phi) is 5.20. The Morgan fingerprint density at radius 2 is 1.74 bits per heavy atom. The fraction of sp³-hybridized carbons (Fsp3) is 0. The van der Waals surface area contributed by atoms with E-state index < -0.39 is 5.97 Å². The van der Waals surface area contributed by atoms with Gasteiger partial charge in [-0.2, -0.15) is 10.5 Å². The van der Waals surface area contributed by atoms with Gasteiger partial charge in [-0.25, -0.2) is 14.8 Å². The second kappa shape index (κ2) is 7.15. The first kappa shape index (κ1) is 13.8. The molecule has 0 amide bonds. The molecule has 2 aromatic heterocycles. The van der Waals surface area contributed by atoms with Crippen LogP contribution in [0.5, 0.6) is 0 Å². The van der Waals surface area contributed by atoms with Gasteiger partial charge in [-0.05, 0) is 24.3 Å². The number of carboxylic acids is 1. The van der Waals surface area contributed by atoms with E-state index in [1.54, 1.807) is 30.5 Å². The molecule has 0 fully saturated rings. The molecule has 2 aromatic rings. The van der Waals surface area contributed by atoms with E-state index >= 15 is 0 Å². The topological polar surface area (TPSA) is 111 Å². The second-order valence-electron chi connectivity index (χ2n) is 3.18. The monoisotopic (exact) mass is 252 g/mol. The van der Waals surface area contributed by atoms with Gasteiger partial charge in [-0.1, -0.05) is 6.07 Å². The van der Waals surface area contributed by atoms with Gasteiger partial charge in [0.25, 0.3) is 0 Å². The number of pyridine rings is 2. The number of carboxylic acid groups (broad SMARTS) is 1. The van der Waals surface area contributed by atoms with E-state index in [1.165, 1.54) is 12.1 Å². The fourth-order valence-electron chi connectivity index (χ4n) is 1.02. The number of nitrogens with zero attached hydrogens (tertiary/aromatic N) is 4. The number of hydrogen-bond acceptors (Lipinski definition) is 5. The highest BCUT2D eigenvalue weighted by Gasteiger charge is 2.01. The first-order valence-electron chi connectivity index (χ1n) is 5.08. The average Bonchev–Trinajstić information content (AvgIpc) is 2.48. The van der Waals surface area contributed by atoms with Gasteiger partial charge in [0.2, 0.25) is 0 Å². The highest BCUT2D eigenvalue weighted by atomic mass is 16.4. The SMILES string of the molecule is N#Cc1ccc(C(=O)O)cn1.N#Cc1ccccn1. The van der Waals surface area contributed by atoms with Crippen LogP contribution >= 0.6 is 0 Å². The molecule has 2 rings (SSSR count). The van der Waals surface area contributed by atoms with Crippen molar-refractivity contribution in [2.75, 3.05) is 0 Å². The average molecular weight is 252 g/mol. The molecular weight excluding hydrogens is 244 g/mol. The molecule has 0 aliphatic carbocycles. The first-order valence-corrected chi connectivity index (χ1v) is 5.08.